The van der Waals surface area contributed by atoms with Gasteiger partial charge in [0.25, 0.3) is 11.6 Å². The predicted octanol–water partition coefficient (Wildman–Crippen LogP) is 4.35. The average molecular weight is 414 g/mol. The van der Waals surface area contributed by atoms with Gasteiger partial charge in [0.15, 0.2) is 15.8 Å². The Bertz CT molecular complexity index is 1080. The lowest BCUT2D eigenvalue weighted by atomic mass is 10.1. The minimum absolute atomic E-state index is 0.00472. The molecule has 4 rings (SSSR count). The number of ether oxygens (including phenoxy) is 2. The van der Waals surface area contributed by atoms with Crippen LogP contribution in [-0.4, -0.2) is 21.9 Å². The summed E-state index contributed by atoms with van der Waals surface area (Å²) in [6, 6.07) is 8.54. The van der Waals surface area contributed by atoms with Crippen molar-refractivity contribution in [1.82, 2.24) is 0 Å². The molecule has 28 heavy (non-hydrogen) atoms. The number of hydrogen-bond donors (Lipinski definition) is 0. The van der Waals surface area contributed by atoms with Crippen LogP contribution in [0, 0.1) is 24.0 Å². The van der Waals surface area contributed by atoms with Crippen LogP contribution in [0.5, 0.6) is 11.5 Å². The number of benzene rings is 2. The Hall–Kier alpha value is -2.91. The quantitative estimate of drug-likeness (QED) is 0.320. The van der Waals surface area contributed by atoms with E-state index in [-0.39, 0.29) is 24.0 Å². The number of thiocarbonyl (C=S) groups is 1. The summed E-state index contributed by atoms with van der Waals surface area (Å²) in [7, 11) is 0. The number of carbonyl (C=O) groups excluding carboxylic acids is 1. The molecular formula is C19H14N2O5S2. The Morgan fingerprint density at radius 2 is 1.93 bits per heavy atom. The summed E-state index contributed by atoms with van der Waals surface area (Å²) < 4.78 is 10.9. The highest BCUT2D eigenvalue weighted by Crippen LogP contribution is 2.42. The standard InChI is InChI=1S/C19H14N2O5S2/c1-10-3-4-13(11(2)5-10)20-18(22)17(28-19(20)27)7-12-6-15-16(26-9-25-15)8-14(12)21(23)24/h3-8H,9H2,1-2H3/b17-7+. The van der Waals surface area contributed by atoms with E-state index in [2.05, 4.69) is 0 Å². The van der Waals surface area contributed by atoms with Crippen molar-refractivity contribution in [3.63, 3.8) is 0 Å². The molecule has 1 fully saturated rings. The molecule has 0 bridgehead atoms. The summed E-state index contributed by atoms with van der Waals surface area (Å²) in [6.07, 6.45) is 1.48. The van der Waals surface area contributed by atoms with Crippen LogP contribution in [0.15, 0.2) is 35.2 Å². The largest absolute Gasteiger partial charge is 0.454 e. The van der Waals surface area contributed by atoms with Crippen LogP contribution < -0.4 is 14.4 Å². The van der Waals surface area contributed by atoms with Gasteiger partial charge in [-0.1, -0.05) is 41.7 Å². The van der Waals surface area contributed by atoms with E-state index in [4.69, 9.17) is 21.7 Å². The number of thioether (sulfide) groups is 1. The van der Waals surface area contributed by atoms with Crippen molar-refractivity contribution < 1.29 is 19.2 Å². The second-order valence-electron chi connectivity index (χ2n) is 6.33. The fourth-order valence-electron chi connectivity index (χ4n) is 3.09. The van der Waals surface area contributed by atoms with Gasteiger partial charge >= 0.3 is 0 Å². The molecule has 2 heterocycles. The molecule has 0 saturated carbocycles. The lowest BCUT2D eigenvalue weighted by molar-refractivity contribution is -0.385. The molecule has 2 aliphatic rings. The van der Waals surface area contributed by atoms with Crippen molar-refractivity contribution in [3.8, 4) is 11.5 Å². The zero-order chi connectivity index (χ0) is 20.0. The molecule has 0 N–H and O–H groups in total. The van der Waals surface area contributed by atoms with E-state index in [1.54, 1.807) is 0 Å². The highest BCUT2D eigenvalue weighted by molar-refractivity contribution is 8.27. The van der Waals surface area contributed by atoms with Crippen molar-refractivity contribution in [1.29, 1.82) is 0 Å². The maximum Gasteiger partial charge on any atom is 0.280 e. The number of nitro benzene ring substituents is 1. The molecule has 0 radical (unpaired) electrons. The third kappa shape index (κ3) is 3.12. The van der Waals surface area contributed by atoms with Crippen LogP contribution in [0.4, 0.5) is 11.4 Å². The van der Waals surface area contributed by atoms with E-state index in [0.717, 1.165) is 22.9 Å². The predicted molar refractivity (Wildman–Crippen MR) is 111 cm³/mol. The molecule has 0 aliphatic carbocycles. The van der Waals surface area contributed by atoms with Crippen LogP contribution in [0.2, 0.25) is 0 Å². The van der Waals surface area contributed by atoms with Crippen LogP contribution in [-0.2, 0) is 4.79 Å². The first-order valence-electron chi connectivity index (χ1n) is 8.28. The Kier molecular flexibility index (Phi) is 4.56. The molecule has 142 valence electrons. The lowest BCUT2D eigenvalue weighted by Gasteiger charge is -2.17. The van der Waals surface area contributed by atoms with Crippen LogP contribution >= 0.6 is 24.0 Å². The zero-order valence-corrected chi connectivity index (χ0v) is 16.6. The Morgan fingerprint density at radius 1 is 1.21 bits per heavy atom. The average Bonchev–Trinajstić information content (AvgIpc) is 3.19. The maximum absolute atomic E-state index is 13.0. The van der Waals surface area contributed by atoms with Crippen LogP contribution in [0.25, 0.3) is 6.08 Å². The third-order valence-electron chi connectivity index (χ3n) is 4.39. The highest BCUT2D eigenvalue weighted by atomic mass is 32.2. The van der Waals surface area contributed by atoms with Gasteiger partial charge in [-0.15, -0.1) is 0 Å². The van der Waals surface area contributed by atoms with Crippen LogP contribution in [0.3, 0.4) is 0 Å². The van der Waals surface area contributed by atoms with Gasteiger partial charge in [-0.2, -0.15) is 0 Å². The summed E-state index contributed by atoms with van der Waals surface area (Å²) in [6.45, 7) is 3.89. The Morgan fingerprint density at radius 3 is 2.61 bits per heavy atom. The van der Waals surface area contributed by atoms with E-state index in [0.29, 0.717) is 26.4 Å². The number of nitrogens with zero attached hydrogens (tertiary/aromatic N) is 2. The fraction of sp³-hybridized carbons (Fsp3) is 0.158. The Labute approximate surface area is 170 Å². The first kappa shape index (κ1) is 18.5. The third-order valence-corrected chi connectivity index (χ3v) is 5.69. The fourth-order valence-corrected chi connectivity index (χ4v) is 4.37. The maximum atomic E-state index is 13.0. The molecule has 7 nitrogen and oxygen atoms in total. The topological polar surface area (TPSA) is 81.9 Å². The molecule has 0 aromatic heterocycles. The molecule has 2 aromatic carbocycles. The number of carbonyl (C=O) groups is 1. The number of hydrogen-bond acceptors (Lipinski definition) is 7. The molecule has 0 spiro atoms. The molecule has 0 unspecified atom stereocenters. The van der Waals surface area contributed by atoms with E-state index < -0.39 is 4.92 Å². The second-order valence-corrected chi connectivity index (χ2v) is 8.00. The summed E-state index contributed by atoms with van der Waals surface area (Å²) in [5.41, 5.74) is 2.80. The van der Waals surface area contributed by atoms with Crippen molar-refractivity contribution >= 4 is 51.7 Å². The van der Waals surface area contributed by atoms with Crippen molar-refractivity contribution in [2.24, 2.45) is 0 Å². The SMILES string of the molecule is Cc1ccc(N2C(=O)/C(=C\c3cc4c(cc3[N+](=O)[O-])OCO4)SC2=S)c(C)c1. The summed E-state index contributed by atoms with van der Waals surface area (Å²) in [5, 5.41) is 11.5. The summed E-state index contributed by atoms with van der Waals surface area (Å²) in [5.74, 6) is 0.405. The molecule has 9 heteroatoms. The number of fused-ring (bicyclic) bond motifs is 1. The smallest absolute Gasteiger partial charge is 0.280 e. The van der Waals surface area contributed by atoms with Gasteiger partial charge < -0.3 is 9.47 Å². The monoisotopic (exact) mass is 414 g/mol. The van der Waals surface area contributed by atoms with E-state index in [9.17, 15) is 14.9 Å². The molecule has 1 amide bonds. The first-order chi connectivity index (χ1) is 13.3. The van der Waals surface area contributed by atoms with Crippen LogP contribution in [0.1, 0.15) is 16.7 Å². The highest BCUT2D eigenvalue weighted by Gasteiger charge is 2.35. The van der Waals surface area contributed by atoms with E-state index >= 15 is 0 Å². The van der Waals surface area contributed by atoms with Gasteiger partial charge in [-0.25, -0.2) is 0 Å². The molecular weight excluding hydrogens is 400 g/mol. The second kappa shape index (κ2) is 6.92. The van der Waals surface area contributed by atoms with Gasteiger partial charge in [-0.3, -0.25) is 19.8 Å². The number of aryl methyl sites for hydroxylation is 2. The van der Waals surface area contributed by atoms with E-state index in [1.807, 2.05) is 32.0 Å². The van der Waals surface area contributed by atoms with Gasteiger partial charge in [0.05, 0.1) is 27.1 Å². The van der Waals surface area contributed by atoms with Gasteiger partial charge in [-0.05, 0) is 37.6 Å². The molecule has 1 saturated heterocycles. The van der Waals surface area contributed by atoms with Crippen molar-refractivity contribution in [2.45, 2.75) is 13.8 Å². The Balaban J connectivity index is 1.75. The van der Waals surface area contributed by atoms with Gasteiger partial charge in [0.1, 0.15) is 0 Å². The molecule has 0 atom stereocenters. The number of amides is 1. The molecule has 2 aliphatic heterocycles. The zero-order valence-electron chi connectivity index (χ0n) is 14.9. The number of nitro groups is 1. The van der Waals surface area contributed by atoms with E-state index in [1.165, 1.54) is 23.1 Å². The normalized spacial score (nSPS) is 16.9. The summed E-state index contributed by atoms with van der Waals surface area (Å²) >= 11 is 6.51. The summed E-state index contributed by atoms with van der Waals surface area (Å²) in [4.78, 5) is 25.7. The first-order valence-corrected chi connectivity index (χ1v) is 9.51. The number of rotatable bonds is 3. The lowest BCUT2D eigenvalue weighted by Crippen LogP contribution is -2.28. The van der Waals surface area contributed by atoms with Crippen molar-refractivity contribution in [2.75, 3.05) is 11.7 Å². The minimum atomic E-state index is -0.515. The van der Waals surface area contributed by atoms with Gasteiger partial charge in [0.2, 0.25) is 6.79 Å². The minimum Gasteiger partial charge on any atom is -0.454 e. The molecule has 2 aromatic rings. The van der Waals surface area contributed by atoms with Crippen molar-refractivity contribution in [3.05, 3.63) is 62.0 Å². The van der Waals surface area contributed by atoms with Gasteiger partial charge in [0, 0.05) is 0 Å². The number of anilines is 1.